The molecule has 1 aliphatic rings. The number of hydrogen-bond donors (Lipinski definition) is 0. The molecule has 0 bridgehead atoms. The topological polar surface area (TPSA) is 18.5 Å². The molecule has 0 aromatic heterocycles. The Bertz CT molecular complexity index is 564. The van der Waals surface area contributed by atoms with E-state index >= 15 is 0 Å². The minimum atomic E-state index is 0.314. The van der Waals surface area contributed by atoms with Crippen molar-refractivity contribution in [1.29, 1.82) is 0 Å². The van der Waals surface area contributed by atoms with Gasteiger partial charge in [0.2, 0.25) is 0 Å². The van der Waals surface area contributed by atoms with Crippen LogP contribution < -0.4 is 0 Å². The number of rotatable bonds is 5. The largest absolute Gasteiger partial charge is 0.382 e. The Kier molecular flexibility index (Phi) is 4.61. The summed E-state index contributed by atoms with van der Waals surface area (Å²) in [5.74, 6) is 0. The van der Waals surface area contributed by atoms with Crippen molar-refractivity contribution in [2.24, 2.45) is 0 Å². The first-order valence-corrected chi connectivity index (χ1v) is 8.06. The van der Waals surface area contributed by atoms with E-state index in [1.54, 1.807) is 7.11 Å². The molecule has 2 aromatic rings. The van der Waals surface area contributed by atoms with Gasteiger partial charge in [0.05, 0.1) is 13.2 Å². The maximum Gasteiger partial charge on any atom is 0.103 e. The standard InChI is InChI=1S/C17H20O2S/c1-18-11-12-19-17-10-9-16(20-17)15-8-4-6-13-5-2-3-7-14(13)15/h2-8,16-17H,9-12H2,1H3. The number of thioether (sulfide) groups is 1. The van der Waals surface area contributed by atoms with Crippen molar-refractivity contribution in [3.63, 3.8) is 0 Å². The van der Waals surface area contributed by atoms with E-state index in [2.05, 4.69) is 42.5 Å². The molecule has 2 aromatic carbocycles. The number of benzene rings is 2. The van der Waals surface area contributed by atoms with Gasteiger partial charge in [-0.3, -0.25) is 0 Å². The third-order valence-electron chi connectivity index (χ3n) is 3.74. The van der Waals surface area contributed by atoms with Gasteiger partial charge in [-0.2, -0.15) is 0 Å². The van der Waals surface area contributed by atoms with Crippen molar-refractivity contribution in [2.75, 3.05) is 20.3 Å². The van der Waals surface area contributed by atoms with E-state index in [1.165, 1.54) is 22.8 Å². The lowest BCUT2D eigenvalue weighted by molar-refractivity contribution is 0.0566. The first-order chi connectivity index (χ1) is 9.88. The zero-order valence-corrected chi connectivity index (χ0v) is 12.6. The van der Waals surface area contributed by atoms with Crippen molar-refractivity contribution >= 4 is 22.5 Å². The van der Waals surface area contributed by atoms with E-state index < -0.39 is 0 Å². The summed E-state index contributed by atoms with van der Waals surface area (Å²) in [7, 11) is 1.71. The molecule has 1 fully saturated rings. The monoisotopic (exact) mass is 288 g/mol. The lowest BCUT2D eigenvalue weighted by atomic mass is 10.00. The Labute approximate surface area is 124 Å². The summed E-state index contributed by atoms with van der Waals surface area (Å²) in [6, 6.07) is 15.2. The summed E-state index contributed by atoms with van der Waals surface area (Å²) in [6.45, 7) is 1.37. The first-order valence-electron chi connectivity index (χ1n) is 7.12. The molecule has 106 valence electrons. The molecule has 20 heavy (non-hydrogen) atoms. The molecule has 2 unspecified atom stereocenters. The Morgan fingerprint density at radius 1 is 1.05 bits per heavy atom. The van der Waals surface area contributed by atoms with Gasteiger partial charge in [0.1, 0.15) is 5.44 Å². The van der Waals surface area contributed by atoms with E-state index in [0.29, 0.717) is 23.9 Å². The van der Waals surface area contributed by atoms with Crippen molar-refractivity contribution in [2.45, 2.75) is 23.5 Å². The molecule has 0 amide bonds. The molecule has 3 heteroatoms. The highest BCUT2D eigenvalue weighted by atomic mass is 32.2. The zero-order valence-electron chi connectivity index (χ0n) is 11.7. The van der Waals surface area contributed by atoms with Gasteiger partial charge in [-0.25, -0.2) is 0 Å². The van der Waals surface area contributed by atoms with Crippen LogP contribution in [0.4, 0.5) is 0 Å². The average Bonchev–Trinajstić information content (AvgIpc) is 2.96. The number of hydrogen-bond acceptors (Lipinski definition) is 3. The third kappa shape index (κ3) is 3.00. The van der Waals surface area contributed by atoms with Gasteiger partial charge in [-0.05, 0) is 29.2 Å². The number of ether oxygens (including phenoxy) is 2. The van der Waals surface area contributed by atoms with Crippen molar-refractivity contribution in [3.8, 4) is 0 Å². The highest BCUT2D eigenvalue weighted by Crippen LogP contribution is 2.46. The summed E-state index contributed by atoms with van der Waals surface area (Å²) < 4.78 is 10.9. The van der Waals surface area contributed by atoms with E-state index in [1.807, 2.05) is 11.8 Å². The minimum absolute atomic E-state index is 0.314. The van der Waals surface area contributed by atoms with Crippen LogP contribution in [0.25, 0.3) is 10.8 Å². The fourth-order valence-electron chi connectivity index (χ4n) is 2.75. The number of methoxy groups -OCH3 is 1. The molecular weight excluding hydrogens is 268 g/mol. The lowest BCUT2D eigenvalue weighted by Gasteiger charge is -2.14. The van der Waals surface area contributed by atoms with Crippen LogP contribution in [0.2, 0.25) is 0 Å². The summed E-state index contributed by atoms with van der Waals surface area (Å²) in [5, 5.41) is 3.26. The molecule has 1 aliphatic heterocycles. The second-order valence-corrected chi connectivity index (χ2v) is 6.43. The highest BCUT2D eigenvalue weighted by Gasteiger charge is 2.27. The van der Waals surface area contributed by atoms with Crippen LogP contribution in [0.5, 0.6) is 0 Å². The van der Waals surface area contributed by atoms with E-state index in [9.17, 15) is 0 Å². The molecule has 0 spiro atoms. The van der Waals surface area contributed by atoms with Crippen LogP contribution in [-0.4, -0.2) is 25.8 Å². The van der Waals surface area contributed by atoms with Crippen LogP contribution in [0.1, 0.15) is 23.7 Å². The second-order valence-electron chi connectivity index (χ2n) is 5.06. The predicted molar refractivity (Wildman–Crippen MR) is 85.1 cm³/mol. The molecule has 3 rings (SSSR count). The summed E-state index contributed by atoms with van der Waals surface area (Å²) in [5.41, 5.74) is 1.76. The van der Waals surface area contributed by atoms with Gasteiger partial charge in [0.25, 0.3) is 0 Å². The smallest absolute Gasteiger partial charge is 0.103 e. The van der Waals surface area contributed by atoms with Gasteiger partial charge in [-0.1, -0.05) is 42.5 Å². The van der Waals surface area contributed by atoms with E-state index in [0.717, 1.165) is 6.42 Å². The molecule has 2 nitrogen and oxygen atoms in total. The van der Waals surface area contributed by atoms with Crippen LogP contribution >= 0.6 is 11.8 Å². The average molecular weight is 288 g/mol. The lowest BCUT2D eigenvalue weighted by Crippen LogP contribution is -2.09. The summed E-state index contributed by atoms with van der Waals surface area (Å²) >= 11 is 1.95. The Morgan fingerprint density at radius 2 is 1.90 bits per heavy atom. The Balaban J connectivity index is 1.73. The molecule has 0 N–H and O–H groups in total. The van der Waals surface area contributed by atoms with Crippen LogP contribution in [0.15, 0.2) is 42.5 Å². The second kappa shape index (κ2) is 6.61. The molecule has 2 atom stereocenters. The van der Waals surface area contributed by atoms with Crippen molar-refractivity contribution < 1.29 is 9.47 Å². The number of fused-ring (bicyclic) bond motifs is 1. The third-order valence-corrected chi connectivity index (χ3v) is 5.24. The van der Waals surface area contributed by atoms with Crippen molar-refractivity contribution in [1.82, 2.24) is 0 Å². The van der Waals surface area contributed by atoms with Gasteiger partial charge in [0.15, 0.2) is 0 Å². The Morgan fingerprint density at radius 3 is 2.80 bits per heavy atom. The molecule has 0 saturated carbocycles. The molecule has 0 aliphatic carbocycles. The molecular formula is C17H20O2S. The minimum Gasteiger partial charge on any atom is -0.382 e. The van der Waals surface area contributed by atoms with Gasteiger partial charge >= 0.3 is 0 Å². The first kappa shape index (κ1) is 13.9. The van der Waals surface area contributed by atoms with E-state index in [4.69, 9.17) is 9.47 Å². The van der Waals surface area contributed by atoms with Crippen molar-refractivity contribution in [3.05, 3.63) is 48.0 Å². The quantitative estimate of drug-likeness (QED) is 0.760. The Hall–Kier alpha value is -1.03. The zero-order chi connectivity index (χ0) is 13.8. The summed E-state index contributed by atoms with van der Waals surface area (Å²) in [6.07, 6.45) is 2.32. The van der Waals surface area contributed by atoms with Gasteiger partial charge in [0, 0.05) is 12.4 Å². The van der Waals surface area contributed by atoms with Crippen LogP contribution in [0, 0.1) is 0 Å². The molecule has 1 heterocycles. The van der Waals surface area contributed by atoms with Gasteiger partial charge in [-0.15, -0.1) is 11.8 Å². The summed E-state index contributed by atoms with van der Waals surface area (Å²) in [4.78, 5) is 0. The highest BCUT2D eigenvalue weighted by molar-refractivity contribution is 8.00. The molecule has 1 saturated heterocycles. The molecule has 0 radical (unpaired) electrons. The predicted octanol–water partition coefficient (Wildman–Crippen LogP) is 4.40. The fraction of sp³-hybridized carbons (Fsp3) is 0.412. The van der Waals surface area contributed by atoms with E-state index in [-0.39, 0.29) is 0 Å². The maximum atomic E-state index is 5.85. The normalized spacial score (nSPS) is 22.4. The maximum absolute atomic E-state index is 5.85. The van der Waals surface area contributed by atoms with Crippen LogP contribution in [-0.2, 0) is 9.47 Å². The fourth-order valence-corrected chi connectivity index (χ4v) is 4.19. The van der Waals surface area contributed by atoms with Gasteiger partial charge < -0.3 is 9.47 Å². The van der Waals surface area contributed by atoms with Crippen LogP contribution in [0.3, 0.4) is 0 Å². The SMILES string of the molecule is COCCOC1CCC(c2cccc3ccccc23)S1.